The molecule has 0 saturated carbocycles. The summed E-state index contributed by atoms with van der Waals surface area (Å²) in [5.74, 6) is -0.272. The molecule has 0 fully saturated rings. The molecule has 0 unspecified atom stereocenters. The zero-order chi connectivity index (χ0) is 13.0. The van der Waals surface area contributed by atoms with Gasteiger partial charge in [0.2, 0.25) is 5.91 Å². The summed E-state index contributed by atoms with van der Waals surface area (Å²) in [5.41, 5.74) is -1.77. The van der Waals surface area contributed by atoms with Crippen LogP contribution in [0.25, 0.3) is 0 Å². The number of nitrogens with one attached hydrogen (secondary N) is 1. The molecule has 0 atom stereocenters. The summed E-state index contributed by atoms with van der Waals surface area (Å²) < 4.78 is 0. The minimum atomic E-state index is -0.998. The Labute approximate surface area is 101 Å². The van der Waals surface area contributed by atoms with E-state index < -0.39 is 16.9 Å². The van der Waals surface area contributed by atoms with Crippen LogP contribution in [-0.2, 0) is 9.59 Å². The van der Waals surface area contributed by atoms with Crippen molar-refractivity contribution in [3.05, 3.63) is 0 Å². The number of thioether (sulfide) groups is 1. The first-order valence-electron chi connectivity index (χ1n) is 5.18. The fourth-order valence-corrected chi connectivity index (χ4v) is 1.42. The van der Waals surface area contributed by atoms with Crippen LogP contribution in [0.15, 0.2) is 0 Å². The molecular weight excluding hydrogens is 226 g/mol. The molecular formula is C11H21NO3S. The van der Waals surface area contributed by atoms with Crippen LogP contribution in [0.3, 0.4) is 0 Å². The van der Waals surface area contributed by atoms with Gasteiger partial charge in [-0.25, -0.2) is 0 Å². The van der Waals surface area contributed by atoms with Crippen molar-refractivity contribution < 1.29 is 14.7 Å². The fourth-order valence-electron chi connectivity index (χ4n) is 1.03. The smallest absolute Gasteiger partial charge is 0.311 e. The van der Waals surface area contributed by atoms with Gasteiger partial charge in [0, 0.05) is 17.7 Å². The lowest BCUT2D eigenvalue weighted by atomic mass is 9.74. The van der Waals surface area contributed by atoms with E-state index in [4.69, 9.17) is 5.11 Å². The highest BCUT2D eigenvalue weighted by Gasteiger charge is 2.44. The van der Waals surface area contributed by atoms with Crippen LogP contribution in [0, 0.1) is 5.41 Å². The Balaban J connectivity index is 4.56. The average Bonchev–Trinajstić information content (AvgIpc) is 2.13. The van der Waals surface area contributed by atoms with Crippen LogP contribution in [0.4, 0.5) is 0 Å². The van der Waals surface area contributed by atoms with Crippen molar-refractivity contribution >= 4 is 23.6 Å². The van der Waals surface area contributed by atoms with Crippen LogP contribution in [0.2, 0.25) is 0 Å². The summed E-state index contributed by atoms with van der Waals surface area (Å²) in [6.07, 6.45) is 2.35. The highest BCUT2D eigenvalue weighted by Crippen LogP contribution is 2.30. The minimum absolute atomic E-state index is 0.103. The molecule has 0 saturated heterocycles. The Morgan fingerprint density at radius 2 is 1.75 bits per heavy atom. The van der Waals surface area contributed by atoms with E-state index in [0.717, 1.165) is 5.75 Å². The van der Waals surface area contributed by atoms with Gasteiger partial charge in [-0.3, -0.25) is 9.59 Å². The lowest BCUT2D eigenvalue weighted by molar-refractivity contribution is -0.151. The molecule has 0 aliphatic heterocycles. The van der Waals surface area contributed by atoms with Gasteiger partial charge in [-0.2, -0.15) is 11.8 Å². The molecule has 0 radical (unpaired) electrons. The molecule has 16 heavy (non-hydrogen) atoms. The van der Waals surface area contributed by atoms with Crippen LogP contribution >= 0.6 is 11.8 Å². The van der Waals surface area contributed by atoms with Gasteiger partial charge in [0.15, 0.2) is 0 Å². The summed E-state index contributed by atoms with van der Waals surface area (Å²) in [7, 11) is 0. The van der Waals surface area contributed by atoms with E-state index in [-0.39, 0.29) is 5.91 Å². The molecule has 0 heterocycles. The van der Waals surface area contributed by atoms with Crippen LogP contribution in [0.1, 0.15) is 34.1 Å². The summed E-state index contributed by atoms with van der Waals surface area (Å²) in [6, 6.07) is 0. The maximum absolute atomic E-state index is 11.6. The van der Waals surface area contributed by atoms with Crippen LogP contribution in [0.5, 0.6) is 0 Å². The molecule has 2 N–H and O–H groups in total. The highest BCUT2D eigenvalue weighted by atomic mass is 32.2. The molecule has 0 aliphatic rings. The zero-order valence-corrected chi connectivity index (χ0v) is 11.4. The molecule has 5 heteroatoms. The van der Waals surface area contributed by atoms with Gasteiger partial charge in [-0.15, -0.1) is 0 Å². The van der Waals surface area contributed by atoms with Crippen molar-refractivity contribution in [2.75, 3.05) is 12.0 Å². The van der Waals surface area contributed by atoms with Gasteiger partial charge in [0.05, 0.1) is 5.41 Å². The second-order valence-corrected chi connectivity index (χ2v) is 5.83. The number of amides is 1. The van der Waals surface area contributed by atoms with Crippen LogP contribution < -0.4 is 5.32 Å². The first-order chi connectivity index (χ1) is 7.15. The Kier molecular flexibility index (Phi) is 5.32. The third-order valence-corrected chi connectivity index (χ3v) is 3.69. The standard InChI is InChI=1S/C11H21NO3S/c1-10(2,9(14)15)11(3,4)12-8(13)6-7-16-5/h6-7H2,1-5H3,(H,12,13)(H,14,15). The van der Waals surface area contributed by atoms with E-state index in [1.54, 1.807) is 39.5 Å². The number of carboxylic acid groups (broad SMARTS) is 1. The molecule has 0 aromatic rings. The normalized spacial score (nSPS) is 12.3. The molecule has 0 aromatic heterocycles. The summed E-state index contributed by atoms with van der Waals surface area (Å²) >= 11 is 1.59. The Morgan fingerprint density at radius 3 is 2.12 bits per heavy atom. The third-order valence-electron chi connectivity index (χ3n) is 3.08. The molecule has 0 bridgehead atoms. The van der Waals surface area contributed by atoms with Gasteiger partial charge in [0.25, 0.3) is 0 Å². The highest BCUT2D eigenvalue weighted by molar-refractivity contribution is 7.98. The monoisotopic (exact) mass is 247 g/mol. The number of carboxylic acids is 1. The largest absolute Gasteiger partial charge is 0.481 e. The first-order valence-corrected chi connectivity index (χ1v) is 6.58. The van der Waals surface area contributed by atoms with Crippen molar-refractivity contribution in [2.45, 2.75) is 39.7 Å². The molecule has 0 rings (SSSR count). The maximum atomic E-state index is 11.6. The Bertz CT molecular complexity index is 274. The van der Waals surface area contributed by atoms with Crippen LogP contribution in [-0.4, -0.2) is 34.5 Å². The Hall–Kier alpha value is -0.710. The van der Waals surface area contributed by atoms with Crippen molar-refractivity contribution in [2.24, 2.45) is 5.41 Å². The molecule has 4 nitrogen and oxygen atoms in total. The number of hydrogen-bond donors (Lipinski definition) is 2. The third kappa shape index (κ3) is 3.70. The van der Waals surface area contributed by atoms with E-state index in [9.17, 15) is 9.59 Å². The summed E-state index contributed by atoms with van der Waals surface area (Å²) in [4.78, 5) is 22.7. The van der Waals surface area contributed by atoms with Crippen molar-refractivity contribution in [3.63, 3.8) is 0 Å². The van der Waals surface area contributed by atoms with Gasteiger partial charge in [-0.05, 0) is 34.0 Å². The second-order valence-electron chi connectivity index (χ2n) is 4.85. The quantitative estimate of drug-likeness (QED) is 0.750. The molecule has 0 aromatic carbocycles. The second kappa shape index (κ2) is 5.57. The SMILES string of the molecule is CSCCC(=O)NC(C)(C)C(C)(C)C(=O)O. The van der Waals surface area contributed by atoms with E-state index in [1.807, 2.05) is 6.26 Å². The number of aliphatic carboxylic acids is 1. The van der Waals surface area contributed by atoms with Gasteiger partial charge in [-0.1, -0.05) is 0 Å². The molecule has 0 aliphatic carbocycles. The van der Waals surface area contributed by atoms with Gasteiger partial charge in [0.1, 0.15) is 0 Å². The van der Waals surface area contributed by atoms with Crippen molar-refractivity contribution in [3.8, 4) is 0 Å². The molecule has 0 spiro atoms. The lowest BCUT2D eigenvalue weighted by Crippen LogP contribution is -2.57. The summed E-state index contributed by atoms with van der Waals surface area (Å²) in [5, 5.41) is 11.9. The Morgan fingerprint density at radius 1 is 1.25 bits per heavy atom. The summed E-state index contributed by atoms with van der Waals surface area (Å²) in [6.45, 7) is 6.70. The topological polar surface area (TPSA) is 66.4 Å². The molecule has 1 amide bonds. The fraction of sp³-hybridized carbons (Fsp3) is 0.818. The predicted molar refractivity (Wildman–Crippen MR) is 66.6 cm³/mol. The van der Waals surface area contributed by atoms with Gasteiger partial charge < -0.3 is 10.4 Å². The molecule has 94 valence electrons. The maximum Gasteiger partial charge on any atom is 0.311 e. The van der Waals surface area contributed by atoms with E-state index in [1.165, 1.54) is 0 Å². The predicted octanol–water partition coefficient (Wildman–Crippen LogP) is 1.75. The number of carbonyl (C=O) groups excluding carboxylic acids is 1. The lowest BCUT2D eigenvalue weighted by Gasteiger charge is -2.38. The minimum Gasteiger partial charge on any atom is -0.481 e. The average molecular weight is 247 g/mol. The first kappa shape index (κ1) is 15.3. The zero-order valence-electron chi connectivity index (χ0n) is 10.6. The van der Waals surface area contributed by atoms with Gasteiger partial charge >= 0.3 is 5.97 Å². The van der Waals surface area contributed by atoms with Crippen molar-refractivity contribution in [1.29, 1.82) is 0 Å². The number of carbonyl (C=O) groups is 2. The number of hydrogen-bond acceptors (Lipinski definition) is 3. The van der Waals surface area contributed by atoms with E-state index >= 15 is 0 Å². The van der Waals surface area contributed by atoms with E-state index in [0.29, 0.717) is 6.42 Å². The van der Waals surface area contributed by atoms with E-state index in [2.05, 4.69) is 5.32 Å². The van der Waals surface area contributed by atoms with Crippen molar-refractivity contribution in [1.82, 2.24) is 5.32 Å². The number of rotatable bonds is 6.